The third-order valence-corrected chi connectivity index (χ3v) is 6.06. The molecule has 2 rings (SSSR count). The summed E-state index contributed by atoms with van der Waals surface area (Å²) in [5.41, 5.74) is 2.55. The molecule has 0 saturated carbocycles. The van der Waals surface area contributed by atoms with Gasteiger partial charge in [0.1, 0.15) is 11.8 Å². The average molecular weight is 550 g/mol. The van der Waals surface area contributed by atoms with Crippen LogP contribution < -0.4 is 20.5 Å². The van der Waals surface area contributed by atoms with Crippen molar-refractivity contribution in [1.29, 1.82) is 0 Å². The van der Waals surface area contributed by atoms with E-state index in [-0.39, 0.29) is 5.75 Å². The number of phosphoric acid groups is 1. The van der Waals surface area contributed by atoms with Crippen molar-refractivity contribution in [3.63, 3.8) is 0 Å². The largest absolute Gasteiger partial charge is 0.524 e. The third kappa shape index (κ3) is 10.3. The molecule has 0 aliphatic heterocycles. The number of rotatable bonds is 13. The van der Waals surface area contributed by atoms with Crippen molar-refractivity contribution in [1.82, 2.24) is 16.0 Å². The monoisotopic (exact) mass is 549 g/mol. The zero-order valence-electron chi connectivity index (χ0n) is 21.2. The van der Waals surface area contributed by atoms with E-state index in [0.29, 0.717) is 18.5 Å². The van der Waals surface area contributed by atoms with E-state index in [9.17, 15) is 28.8 Å². The van der Waals surface area contributed by atoms with Crippen molar-refractivity contribution in [2.24, 2.45) is 0 Å². The molecule has 0 saturated heterocycles. The van der Waals surface area contributed by atoms with E-state index < -0.39 is 55.9 Å². The first-order valence-corrected chi connectivity index (χ1v) is 13.3. The fourth-order valence-corrected chi connectivity index (χ4v) is 3.99. The molecule has 3 atom stereocenters. The van der Waals surface area contributed by atoms with Crippen LogP contribution in [0.5, 0.6) is 5.75 Å². The summed E-state index contributed by atoms with van der Waals surface area (Å²) < 4.78 is 15.5. The second-order valence-electron chi connectivity index (χ2n) is 8.79. The lowest BCUT2D eigenvalue weighted by Gasteiger charge is -2.26. The summed E-state index contributed by atoms with van der Waals surface area (Å²) in [6.07, 6.45) is 0.147. The van der Waals surface area contributed by atoms with E-state index in [1.165, 1.54) is 31.2 Å². The number of benzene rings is 2. The second kappa shape index (κ2) is 13.7. The Morgan fingerprint density at radius 3 is 2.11 bits per heavy atom. The minimum atomic E-state index is -4.75. The van der Waals surface area contributed by atoms with Gasteiger partial charge in [0, 0.05) is 19.9 Å². The first kappa shape index (κ1) is 30.5. The maximum absolute atomic E-state index is 13.0. The van der Waals surface area contributed by atoms with Gasteiger partial charge in [-0.1, -0.05) is 42.0 Å². The van der Waals surface area contributed by atoms with Crippen LogP contribution in [0.4, 0.5) is 0 Å². The fraction of sp³-hybridized carbons (Fsp3) is 0.360. The lowest BCUT2D eigenvalue weighted by molar-refractivity contribution is -0.143. The highest BCUT2D eigenvalue weighted by molar-refractivity contribution is 7.46. The molecule has 0 bridgehead atoms. The number of carboxylic acid groups (broad SMARTS) is 1. The van der Waals surface area contributed by atoms with Crippen molar-refractivity contribution in [2.75, 3.05) is 6.54 Å². The zero-order chi connectivity index (χ0) is 28.5. The van der Waals surface area contributed by atoms with Crippen LogP contribution >= 0.6 is 7.82 Å². The van der Waals surface area contributed by atoms with Gasteiger partial charge in [0.15, 0.2) is 0 Å². The van der Waals surface area contributed by atoms with E-state index in [4.69, 9.17) is 9.79 Å². The maximum atomic E-state index is 13.0. The predicted octanol–water partition coefficient (Wildman–Crippen LogP) is 1.39. The Kier molecular flexibility index (Phi) is 11.0. The molecule has 0 aromatic heterocycles. The number of phosphoric ester groups is 1. The molecule has 0 radical (unpaired) electrons. The molecule has 13 heteroatoms. The standard InChI is InChI=1S/C25H32N3O9P/c1-15-4-6-18(7-5-15)12-13-26-22(30)14-21(23(25(32)33)27-17(3)29)28-24(31)16(2)19-8-10-20(11-9-19)37-38(34,35)36/h4-11,16,21,23H,12-14H2,1-3H3,(H,26,30)(H,27,29)(H,28,31)(H,32,33)(H2,34,35,36). The SMILES string of the molecule is CC(=O)NC(C(=O)O)C(CC(=O)NCCc1ccc(C)cc1)NC(=O)C(C)c1ccc(OP(=O)(O)O)cc1. The van der Waals surface area contributed by atoms with Gasteiger partial charge >= 0.3 is 13.8 Å². The highest BCUT2D eigenvalue weighted by Gasteiger charge is 2.33. The average Bonchev–Trinajstić information content (AvgIpc) is 2.82. The molecule has 38 heavy (non-hydrogen) atoms. The number of carboxylic acids is 1. The number of carbonyl (C=O) groups is 4. The normalized spacial score (nSPS) is 13.5. The summed E-state index contributed by atoms with van der Waals surface area (Å²) in [4.78, 5) is 66.9. The molecule has 206 valence electrons. The highest BCUT2D eigenvalue weighted by atomic mass is 31.2. The van der Waals surface area contributed by atoms with Gasteiger partial charge < -0.3 is 25.6 Å². The van der Waals surface area contributed by atoms with Crippen LogP contribution in [0.1, 0.15) is 42.9 Å². The van der Waals surface area contributed by atoms with Crippen LogP contribution in [0.15, 0.2) is 48.5 Å². The Hall–Kier alpha value is -3.73. The van der Waals surface area contributed by atoms with Crippen molar-refractivity contribution in [2.45, 2.75) is 51.6 Å². The first-order chi connectivity index (χ1) is 17.7. The minimum absolute atomic E-state index is 0.105. The van der Waals surface area contributed by atoms with Crippen molar-refractivity contribution in [3.05, 3.63) is 65.2 Å². The Morgan fingerprint density at radius 1 is 0.974 bits per heavy atom. The molecule has 0 spiro atoms. The Morgan fingerprint density at radius 2 is 1.58 bits per heavy atom. The molecular formula is C25H32N3O9P. The van der Waals surface area contributed by atoms with E-state index in [0.717, 1.165) is 18.1 Å². The van der Waals surface area contributed by atoms with E-state index >= 15 is 0 Å². The van der Waals surface area contributed by atoms with Gasteiger partial charge in [-0.3, -0.25) is 24.2 Å². The molecule has 12 nitrogen and oxygen atoms in total. The molecule has 2 aromatic carbocycles. The second-order valence-corrected chi connectivity index (χ2v) is 9.96. The van der Waals surface area contributed by atoms with Crippen LogP contribution in [-0.2, 0) is 30.2 Å². The third-order valence-electron chi connectivity index (χ3n) is 5.61. The first-order valence-electron chi connectivity index (χ1n) is 11.7. The summed E-state index contributed by atoms with van der Waals surface area (Å²) >= 11 is 0. The number of aryl methyl sites for hydroxylation is 1. The van der Waals surface area contributed by atoms with Gasteiger partial charge in [0.25, 0.3) is 0 Å². The summed E-state index contributed by atoms with van der Waals surface area (Å²) in [5, 5.41) is 17.2. The molecule has 0 heterocycles. The number of aliphatic carboxylic acids is 1. The van der Waals surface area contributed by atoms with Crippen LogP contribution in [0.25, 0.3) is 0 Å². The molecular weight excluding hydrogens is 517 g/mol. The van der Waals surface area contributed by atoms with Crippen LogP contribution in [0.2, 0.25) is 0 Å². The van der Waals surface area contributed by atoms with Gasteiger partial charge in [-0.05, 0) is 43.5 Å². The maximum Gasteiger partial charge on any atom is 0.524 e. The summed E-state index contributed by atoms with van der Waals surface area (Å²) in [5.74, 6) is -4.15. The molecule has 0 aliphatic rings. The summed E-state index contributed by atoms with van der Waals surface area (Å²) in [6, 6.07) is 10.3. The Balaban J connectivity index is 2.10. The molecule has 3 amide bonds. The zero-order valence-corrected chi connectivity index (χ0v) is 22.1. The number of carbonyl (C=O) groups excluding carboxylic acids is 3. The number of amides is 3. The quantitative estimate of drug-likeness (QED) is 0.200. The van der Waals surface area contributed by atoms with Crippen molar-refractivity contribution in [3.8, 4) is 5.75 Å². The van der Waals surface area contributed by atoms with Crippen LogP contribution in [0, 0.1) is 6.92 Å². The Labute approximate surface area is 220 Å². The molecule has 0 fully saturated rings. The van der Waals surface area contributed by atoms with E-state index in [1.807, 2.05) is 31.2 Å². The lowest BCUT2D eigenvalue weighted by Crippen LogP contribution is -2.57. The highest BCUT2D eigenvalue weighted by Crippen LogP contribution is 2.37. The van der Waals surface area contributed by atoms with E-state index in [2.05, 4.69) is 20.5 Å². The number of nitrogens with one attached hydrogen (secondary N) is 3. The molecule has 6 N–H and O–H groups in total. The van der Waals surface area contributed by atoms with Crippen LogP contribution in [-0.4, -0.2) is 57.2 Å². The number of hydrogen-bond donors (Lipinski definition) is 6. The van der Waals surface area contributed by atoms with Gasteiger partial charge in [0.2, 0.25) is 17.7 Å². The van der Waals surface area contributed by atoms with Gasteiger partial charge in [-0.25, -0.2) is 9.36 Å². The molecule has 0 aliphatic carbocycles. The van der Waals surface area contributed by atoms with Gasteiger partial charge in [0.05, 0.1) is 12.0 Å². The van der Waals surface area contributed by atoms with E-state index in [1.54, 1.807) is 0 Å². The van der Waals surface area contributed by atoms with Gasteiger partial charge in [-0.2, -0.15) is 0 Å². The topological polar surface area (TPSA) is 191 Å². The summed E-state index contributed by atoms with van der Waals surface area (Å²) in [7, 11) is -4.75. The fourth-order valence-electron chi connectivity index (χ4n) is 3.59. The number of hydrogen-bond acceptors (Lipinski definition) is 6. The minimum Gasteiger partial charge on any atom is -0.480 e. The molecule has 3 unspecified atom stereocenters. The summed E-state index contributed by atoms with van der Waals surface area (Å²) in [6.45, 7) is 4.91. The predicted molar refractivity (Wildman–Crippen MR) is 137 cm³/mol. The molecule has 2 aromatic rings. The smallest absolute Gasteiger partial charge is 0.480 e. The van der Waals surface area contributed by atoms with Crippen molar-refractivity contribution >= 4 is 31.5 Å². The van der Waals surface area contributed by atoms with Crippen LogP contribution in [0.3, 0.4) is 0 Å². The van der Waals surface area contributed by atoms with Crippen molar-refractivity contribution < 1.29 is 43.2 Å². The Bertz CT molecular complexity index is 1180. The lowest BCUT2D eigenvalue weighted by atomic mass is 9.98. The van der Waals surface area contributed by atoms with Gasteiger partial charge in [-0.15, -0.1) is 0 Å².